The van der Waals surface area contributed by atoms with Crippen LogP contribution in [0, 0.1) is 26.6 Å². The van der Waals surface area contributed by atoms with Gasteiger partial charge < -0.3 is 14.4 Å². The minimum atomic E-state index is -0.253. The number of carbonyl (C=O) groups excluding carboxylic acids is 1. The maximum Gasteiger partial charge on any atom is 0.272 e. The maximum atomic E-state index is 13.1. The second-order valence-corrected chi connectivity index (χ2v) is 8.17. The van der Waals surface area contributed by atoms with Crippen molar-refractivity contribution in [3.63, 3.8) is 0 Å². The number of anilines is 1. The molecule has 31 heavy (non-hydrogen) atoms. The van der Waals surface area contributed by atoms with E-state index in [1.54, 1.807) is 23.6 Å². The van der Waals surface area contributed by atoms with E-state index in [1.807, 2.05) is 30.9 Å². The highest BCUT2D eigenvalue weighted by Gasteiger charge is 2.21. The molecule has 0 N–H and O–H groups in total. The number of hydrogen-bond donors (Lipinski definition) is 0. The van der Waals surface area contributed by atoms with E-state index in [1.165, 1.54) is 12.1 Å². The summed E-state index contributed by atoms with van der Waals surface area (Å²) in [6.07, 6.45) is 0.266. The third kappa shape index (κ3) is 4.31. The molecule has 0 aliphatic carbocycles. The SMILES string of the molecule is Cc1cc2nc(C)c(=O)n(CCC(=O)N3CCN(c4ccc(F)cc4)CC3)c2cc1C. The molecule has 1 aliphatic heterocycles. The minimum Gasteiger partial charge on any atom is -0.368 e. The summed E-state index contributed by atoms with van der Waals surface area (Å²) in [6, 6.07) is 10.4. The summed E-state index contributed by atoms with van der Waals surface area (Å²) in [5.41, 5.74) is 5.02. The first-order valence-corrected chi connectivity index (χ1v) is 10.6. The Labute approximate surface area is 180 Å². The molecule has 1 saturated heterocycles. The first kappa shape index (κ1) is 21.0. The lowest BCUT2D eigenvalue weighted by atomic mass is 10.1. The van der Waals surface area contributed by atoms with Gasteiger partial charge >= 0.3 is 0 Å². The average Bonchev–Trinajstić information content (AvgIpc) is 2.76. The van der Waals surface area contributed by atoms with Crippen molar-refractivity contribution < 1.29 is 9.18 Å². The van der Waals surface area contributed by atoms with Gasteiger partial charge in [-0.15, -0.1) is 0 Å². The van der Waals surface area contributed by atoms with Crippen molar-refractivity contribution in [1.82, 2.24) is 14.5 Å². The van der Waals surface area contributed by atoms with Crippen LogP contribution in [0.2, 0.25) is 0 Å². The van der Waals surface area contributed by atoms with Crippen LogP contribution in [0.3, 0.4) is 0 Å². The fourth-order valence-corrected chi connectivity index (χ4v) is 4.08. The summed E-state index contributed by atoms with van der Waals surface area (Å²) in [5, 5.41) is 0. The largest absolute Gasteiger partial charge is 0.368 e. The first-order valence-electron chi connectivity index (χ1n) is 10.6. The van der Waals surface area contributed by atoms with Gasteiger partial charge in [-0.25, -0.2) is 9.37 Å². The van der Waals surface area contributed by atoms with Gasteiger partial charge in [0, 0.05) is 44.8 Å². The molecule has 162 valence electrons. The first-order chi connectivity index (χ1) is 14.8. The second-order valence-electron chi connectivity index (χ2n) is 8.17. The predicted octanol–water partition coefficient (Wildman–Crippen LogP) is 3.20. The van der Waals surface area contributed by atoms with Crippen molar-refractivity contribution >= 4 is 22.6 Å². The number of amides is 1. The van der Waals surface area contributed by atoms with Crippen LogP contribution in [0.15, 0.2) is 41.2 Å². The molecule has 1 amide bonds. The van der Waals surface area contributed by atoms with Gasteiger partial charge in [-0.3, -0.25) is 9.59 Å². The van der Waals surface area contributed by atoms with E-state index in [0.717, 1.165) is 27.8 Å². The minimum absolute atomic E-state index is 0.0390. The molecule has 4 rings (SSSR count). The number of benzene rings is 2. The predicted molar refractivity (Wildman–Crippen MR) is 120 cm³/mol. The number of halogens is 1. The highest BCUT2D eigenvalue weighted by atomic mass is 19.1. The zero-order chi connectivity index (χ0) is 22.1. The summed E-state index contributed by atoms with van der Waals surface area (Å²) in [5.74, 6) is -0.214. The molecule has 1 aromatic heterocycles. The molecule has 7 heteroatoms. The van der Waals surface area contributed by atoms with Gasteiger partial charge in [0.2, 0.25) is 5.91 Å². The Balaban J connectivity index is 1.44. The molecule has 2 heterocycles. The van der Waals surface area contributed by atoms with Crippen molar-refractivity contribution in [2.45, 2.75) is 33.7 Å². The smallest absolute Gasteiger partial charge is 0.272 e. The van der Waals surface area contributed by atoms with E-state index in [0.29, 0.717) is 38.4 Å². The topological polar surface area (TPSA) is 58.4 Å². The van der Waals surface area contributed by atoms with Gasteiger partial charge in [0.15, 0.2) is 0 Å². The van der Waals surface area contributed by atoms with Crippen LogP contribution in [0.4, 0.5) is 10.1 Å². The third-order valence-corrected chi connectivity index (χ3v) is 6.10. The van der Waals surface area contributed by atoms with Crippen molar-refractivity contribution in [1.29, 1.82) is 0 Å². The maximum absolute atomic E-state index is 13.1. The number of fused-ring (bicyclic) bond motifs is 1. The molecule has 1 aliphatic rings. The zero-order valence-electron chi connectivity index (χ0n) is 18.2. The van der Waals surface area contributed by atoms with Crippen molar-refractivity contribution in [3.05, 3.63) is 69.4 Å². The molecule has 0 spiro atoms. The van der Waals surface area contributed by atoms with Crippen LogP contribution in [0.1, 0.15) is 23.2 Å². The lowest BCUT2D eigenvalue weighted by Crippen LogP contribution is -2.49. The van der Waals surface area contributed by atoms with Crippen LogP contribution in [-0.2, 0) is 11.3 Å². The molecule has 1 fully saturated rings. The van der Waals surface area contributed by atoms with Crippen LogP contribution >= 0.6 is 0 Å². The molecule has 0 unspecified atom stereocenters. The lowest BCUT2D eigenvalue weighted by molar-refractivity contribution is -0.131. The second kappa shape index (κ2) is 8.49. The van der Waals surface area contributed by atoms with Crippen LogP contribution in [0.5, 0.6) is 0 Å². The molecule has 0 saturated carbocycles. The summed E-state index contributed by atoms with van der Waals surface area (Å²) < 4.78 is 14.8. The number of carbonyl (C=O) groups is 1. The van der Waals surface area contributed by atoms with Crippen molar-refractivity contribution in [2.24, 2.45) is 0 Å². The fourth-order valence-electron chi connectivity index (χ4n) is 4.08. The molecule has 0 bridgehead atoms. The van der Waals surface area contributed by atoms with Crippen molar-refractivity contribution in [3.8, 4) is 0 Å². The molecule has 0 radical (unpaired) electrons. The Bertz CT molecular complexity index is 1180. The zero-order valence-corrected chi connectivity index (χ0v) is 18.2. The number of aromatic nitrogens is 2. The Morgan fingerprint density at radius 3 is 2.32 bits per heavy atom. The van der Waals surface area contributed by atoms with E-state index in [9.17, 15) is 14.0 Å². The Kier molecular flexibility index (Phi) is 5.76. The van der Waals surface area contributed by atoms with Gasteiger partial charge in [-0.05, 0) is 68.3 Å². The number of piperazine rings is 1. The Morgan fingerprint density at radius 1 is 1.00 bits per heavy atom. The Hall–Kier alpha value is -3.22. The van der Waals surface area contributed by atoms with Crippen molar-refractivity contribution in [2.75, 3.05) is 31.1 Å². The average molecular weight is 423 g/mol. The molecule has 6 nitrogen and oxygen atoms in total. The highest BCUT2D eigenvalue weighted by Crippen LogP contribution is 2.19. The van der Waals surface area contributed by atoms with E-state index in [-0.39, 0.29) is 23.7 Å². The number of nitrogens with zero attached hydrogens (tertiary/aromatic N) is 4. The van der Waals surface area contributed by atoms with Gasteiger partial charge in [0.05, 0.1) is 11.0 Å². The quantitative estimate of drug-likeness (QED) is 0.648. The number of rotatable bonds is 4. The molecule has 2 aromatic carbocycles. The molecular weight excluding hydrogens is 395 g/mol. The van der Waals surface area contributed by atoms with Crippen LogP contribution in [-0.4, -0.2) is 46.5 Å². The third-order valence-electron chi connectivity index (χ3n) is 6.10. The summed E-state index contributed by atoms with van der Waals surface area (Å²) in [7, 11) is 0. The Morgan fingerprint density at radius 2 is 1.65 bits per heavy atom. The summed E-state index contributed by atoms with van der Waals surface area (Å²) in [4.78, 5) is 34.0. The van der Waals surface area contributed by atoms with Gasteiger partial charge in [0.25, 0.3) is 5.56 Å². The van der Waals surface area contributed by atoms with Crippen LogP contribution in [0.25, 0.3) is 11.0 Å². The molecule has 3 aromatic rings. The van der Waals surface area contributed by atoms with Gasteiger partial charge in [-0.2, -0.15) is 0 Å². The van der Waals surface area contributed by atoms with E-state index < -0.39 is 0 Å². The highest BCUT2D eigenvalue weighted by molar-refractivity contribution is 5.78. The number of aryl methyl sites for hydroxylation is 4. The fraction of sp³-hybridized carbons (Fsp3) is 0.375. The number of hydrogen-bond acceptors (Lipinski definition) is 4. The standard InChI is InChI=1S/C24H27FN4O2/c1-16-14-21-22(15-17(16)2)29(24(31)18(3)26-21)9-8-23(30)28-12-10-27(11-13-28)20-6-4-19(25)5-7-20/h4-7,14-15H,8-13H2,1-3H3. The summed E-state index contributed by atoms with van der Waals surface area (Å²) >= 11 is 0. The monoisotopic (exact) mass is 422 g/mol. The van der Waals surface area contributed by atoms with Gasteiger partial charge in [0.1, 0.15) is 11.5 Å². The van der Waals surface area contributed by atoms with E-state index in [2.05, 4.69) is 9.88 Å². The van der Waals surface area contributed by atoms with Gasteiger partial charge in [-0.1, -0.05) is 0 Å². The molecular formula is C24H27FN4O2. The van der Waals surface area contributed by atoms with E-state index >= 15 is 0 Å². The normalized spacial score (nSPS) is 14.3. The lowest BCUT2D eigenvalue weighted by Gasteiger charge is -2.36. The summed E-state index contributed by atoms with van der Waals surface area (Å²) in [6.45, 7) is 8.70. The molecule has 0 atom stereocenters. The van der Waals surface area contributed by atoms with E-state index in [4.69, 9.17) is 0 Å². The van der Waals surface area contributed by atoms with Crippen LogP contribution < -0.4 is 10.5 Å².